The lowest BCUT2D eigenvalue weighted by atomic mass is 10.2. The van der Waals surface area contributed by atoms with E-state index in [0.29, 0.717) is 6.04 Å². The molecule has 2 heteroatoms. The van der Waals surface area contributed by atoms with Gasteiger partial charge in [0.25, 0.3) is 0 Å². The molecule has 0 aromatic rings. The Kier molecular flexibility index (Phi) is 11.9. The summed E-state index contributed by atoms with van der Waals surface area (Å²) in [4.78, 5) is 2.64. The van der Waals surface area contributed by atoms with Gasteiger partial charge in [0.15, 0.2) is 0 Å². The van der Waals surface area contributed by atoms with Crippen LogP contribution in [0.25, 0.3) is 0 Å². The molecule has 0 unspecified atom stereocenters. The van der Waals surface area contributed by atoms with E-state index in [1.54, 1.807) is 0 Å². The minimum atomic E-state index is 0.700. The quantitative estimate of drug-likeness (QED) is 0.533. The van der Waals surface area contributed by atoms with Crippen molar-refractivity contribution in [2.75, 3.05) is 26.2 Å². The number of nitrogens with zero attached hydrogens (tertiary/aromatic N) is 1. The minimum Gasteiger partial charge on any atom is -0.316 e. The molecule has 0 bridgehead atoms. The predicted octanol–water partition coefficient (Wildman–Crippen LogP) is 3.91. The van der Waals surface area contributed by atoms with Gasteiger partial charge in [0.05, 0.1) is 0 Å². The molecule has 18 heavy (non-hydrogen) atoms. The standard InChI is InChI=1S/C16H36N2/c1-6-7-9-12-18(16(4)5)13-10-8-11-17-14-15(2)3/h15-17H,6-14H2,1-5H3. The van der Waals surface area contributed by atoms with E-state index >= 15 is 0 Å². The molecule has 0 spiro atoms. The summed E-state index contributed by atoms with van der Waals surface area (Å²) in [5.74, 6) is 0.770. The smallest absolute Gasteiger partial charge is 0.00385 e. The van der Waals surface area contributed by atoms with Gasteiger partial charge in [-0.1, -0.05) is 33.6 Å². The van der Waals surface area contributed by atoms with Crippen molar-refractivity contribution in [3.8, 4) is 0 Å². The van der Waals surface area contributed by atoms with Gasteiger partial charge < -0.3 is 10.2 Å². The Morgan fingerprint density at radius 3 is 2.00 bits per heavy atom. The van der Waals surface area contributed by atoms with Crippen molar-refractivity contribution in [2.45, 2.75) is 72.8 Å². The van der Waals surface area contributed by atoms with Crippen LogP contribution in [0, 0.1) is 5.92 Å². The van der Waals surface area contributed by atoms with E-state index < -0.39 is 0 Å². The molecule has 0 fully saturated rings. The van der Waals surface area contributed by atoms with Crippen LogP contribution in [0.4, 0.5) is 0 Å². The molecule has 0 aromatic carbocycles. The van der Waals surface area contributed by atoms with Crippen molar-refractivity contribution in [2.24, 2.45) is 5.92 Å². The zero-order valence-corrected chi connectivity index (χ0v) is 13.5. The van der Waals surface area contributed by atoms with Crippen molar-refractivity contribution in [1.29, 1.82) is 0 Å². The molecule has 0 aliphatic heterocycles. The van der Waals surface area contributed by atoms with Crippen molar-refractivity contribution < 1.29 is 0 Å². The highest BCUT2D eigenvalue weighted by Gasteiger charge is 2.07. The van der Waals surface area contributed by atoms with Crippen LogP contribution in [0.1, 0.15) is 66.7 Å². The molecular weight excluding hydrogens is 220 g/mol. The molecule has 0 aliphatic carbocycles. The number of unbranched alkanes of at least 4 members (excludes halogenated alkanes) is 3. The summed E-state index contributed by atoms with van der Waals surface area (Å²) in [6.07, 6.45) is 6.70. The van der Waals surface area contributed by atoms with Gasteiger partial charge in [-0.15, -0.1) is 0 Å². The molecule has 2 nitrogen and oxygen atoms in total. The second-order valence-corrected chi connectivity index (χ2v) is 6.14. The molecule has 110 valence electrons. The molecule has 0 rings (SSSR count). The van der Waals surface area contributed by atoms with Gasteiger partial charge in [0.1, 0.15) is 0 Å². The van der Waals surface area contributed by atoms with E-state index in [9.17, 15) is 0 Å². The molecule has 0 atom stereocenters. The van der Waals surface area contributed by atoms with Crippen LogP contribution < -0.4 is 5.32 Å². The maximum Gasteiger partial charge on any atom is 0.00385 e. The third-order valence-corrected chi connectivity index (χ3v) is 3.38. The maximum absolute atomic E-state index is 3.52. The summed E-state index contributed by atoms with van der Waals surface area (Å²) in [7, 11) is 0. The molecular formula is C16H36N2. The van der Waals surface area contributed by atoms with Crippen molar-refractivity contribution >= 4 is 0 Å². The first-order chi connectivity index (χ1) is 8.57. The van der Waals surface area contributed by atoms with Crippen molar-refractivity contribution in [1.82, 2.24) is 10.2 Å². The molecule has 0 radical (unpaired) electrons. The lowest BCUT2D eigenvalue weighted by molar-refractivity contribution is 0.213. The lowest BCUT2D eigenvalue weighted by Gasteiger charge is -2.26. The fraction of sp³-hybridized carbons (Fsp3) is 1.00. The Bertz CT molecular complexity index is 166. The largest absolute Gasteiger partial charge is 0.316 e. The van der Waals surface area contributed by atoms with Crippen LogP contribution in [-0.4, -0.2) is 37.1 Å². The fourth-order valence-electron chi connectivity index (χ4n) is 2.15. The van der Waals surface area contributed by atoms with Gasteiger partial charge in [-0.2, -0.15) is 0 Å². The van der Waals surface area contributed by atoms with E-state index in [0.717, 1.165) is 12.5 Å². The van der Waals surface area contributed by atoms with Crippen molar-refractivity contribution in [3.05, 3.63) is 0 Å². The number of hydrogen-bond acceptors (Lipinski definition) is 2. The van der Waals surface area contributed by atoms with E-state index in [2.05, 4.69) is 44.8 Å². The van der Waals surface area contributed by atoms with Gasteiger partial charge in [0, 0.05) is 6.04 Å². The van der Waals surface area contributed by atoms with Gasteiger partial charge in [-0.3, -0.25) is 0 Å². The number of nitrogens with one attached hydrogen (secondary N) is 1. The average molecular weight is 256 g/mol. The van der Waals surface area contributed by atoms with Gasteiger partial charge in [-0.25, -0.2) is 0 Å². The fourth-order valence-corrected chi connectivity index (χ4v) is 2.15. The van der Waals surface area contributed by atoms with E-state index in [1.165, 1.54) is 51.7 Å². The molecule has 0 amide bonds. The first kappa shape index (κ1) is 17.9. The van der Waals surface area contributed by atoms with Crippen LogP contribution in [0.5, 0.6) is 0 Å². The van der Waals surface area contributed by atoms with E-state index in [1.807, 2.05) is 0 Å². The molecule has 0 aromatic heterocycles. The summed E-state index contributed by atoms with van der Waals surface area (Å²) in [5, 5.41) is 3.52. The van der Waals surface area contributed by atoms with Gasteiger partial charge in [-0.05, 0) is 65.2 Å². The Morgan fingerprint density at radius 2 is 1.50 bits per heavy atom. The predicted molar refractivity (Wildman–Crippen MR) is 83.2 cm³/mol. The zero-order chi connectivity index (χ0) is 13.8. The Balaban J connectivity index is 3.52. The third kappa shape index (κ3) is 11.0. The third-order valence-electron chi connectivity index (χ3n) is 3.38. The Hall–Kier alpha value is -0.0800. The lowest BCUT2D eigenvalue weighted by Crippen LogP contribution is -2.33. The molecule has 0 saturated heterocycles. The zero-order valence-electron chi connectivity index (χ0n) is 13.5. The average Bonchev–Trinajstić information content (AvgIpc) is 2.30. The first-order valence-electron chi connectivity index (χ1n) is 8.02. The molecule has 0 aliphatic rings. The minimum absolute atomic E-state index is 0.700. The Labute approximate surface area is 116 Å². The number of rotatable bonds is 12. The van der Waals surface area contributed by atoms with E-state index in [4.69, 9.17) is 0 Å². The first-order valence-corrected chi connectivity index (χ1v) is 8.02. The highest BCUT2D eigenvalue weighted by atomic mass is 15.1. The monoisotopic (exact) mass is 256 g/mol. The second-order valence-electron chi connectivity index (χ2n) is 6.14. The van der Waals surface area contributed by atoms with Gasteiger partial charge >= 0.3 is 0 Å². The summed E-state index contributed by atoms with van der Waals surface area (Å²) >= 11 is 0. The summed E-state index contributed by atoms with van der Waals surface area (Å²) in [6, 6.07) is 0.700. The molecule has 1 N–H and O–H groups in total. The second kappa shape index (κ2) is 12.0. The summed E-state index contributed by atoms with van der Waals surface area (Å²) in [5.41, 5.74) is 0. The van der Waals surface area contributed by atoms with Gasteiger partial charge in [0.2, 0.25) is 0 Å². The molecule has 0 saturated carbocycles. The SMILES string of the molecule is CCCCCN(CCCCNCC(C)C)C(C)C. The highest BCUT2D eigenvalue weighted by molar-refractivity contribution is 4.63. The summed E-state index contributed by atoms with van der Waals surface area (Å²) in [6.45, 7) is 16.3. The number of hydrogen-bond donors (Lipinski definition) is 1. The van der Waals surface area contributed by atoms with Crippen LogP contribution in [0.3, 0.4) is 0 Å². The summed E-state index contributed by atoms with van der Waals surface area (Å²) < 4.78 is 0. The highest BCUT2D eigenvalue weighted by Crippen LogP contribution is 2.05. The van der Waals surface area contributed by atoms with Crippen LogP contribution in [0.2, 0.25) is 0 Å². The van der Waals surface area contributed by atoms with Crippen LogP contribution in [0.15, 0.2) is 0 Å². The normalized spacial score (nSPS) is 12.0. The topological polar surface area (TPSA) is 15.3 Å². The van der Waals surface area contributed by atoms with Crippen LogP contribution in [-0.2, 0) is 0 Å². The maximum atomic E-state index is 3.52. The Morgan fingerprint density at radius 1 is 0.889 bits per heavy atom. The van der Waals surface area contributed by atoms with Crippen LogP contribution >= 0.6 is 0 Å². The van der Waals surface area contributed by atoms with E-state index in [-0.39, 0.29) is 0 Å². The molecule has 0 heterocycles. The van der Waals surface area contributed by atoms with Crippen molar-refractivity contribution in [3.63, 3.8) is 0 Å².